The third-order valence-corrected chi connectivity index (χ3v) is 3.51. The summed E-state index contributed by atoms with van der Waals surface area (Å²) >= 11 is 0. The minimum Gasteiger partial charge on any atom is -0.404 e. The SMILES string of the molecule is C=C(C)/C(C)=C/C(=C\N)c1ccnc2c1CC=CN2.CNCC#N. The van der Waals surface area contributed by atoms with Crippen molar-refractivity contribution in [3.63, 3.8) is 0 Å². The second-order valence-corrected chi connectivity index (χ2v) is 5.35. The molecule has 2 heterocycles. The van der Waals surface area contributed by atoms with Gasteiger partial charge in [-0.1, -0.05) is 18.2 Å². The number of nitriles is 1. The highest BCUT2D eigenvalue weighted by Crippen LogP contribution is 2.28. The average molecular weight is 323 g/mol. The lowest BCUT2D eigenvalue weighted by molar-refractivity contribution is 0.928. The molecular weight excluding hydrogens is 298 g/mol. The lowest BCUT2D eigenvalue weighted by Gasteiger charge is -2.16. The summed E-state index contributed by atoms with van der Waals surface area (Å²) in [6.45, 7) is 8.43. The third-order valence-electron chi connectivity index (χ3n) is 3.51. The standard InChI is InChI=1S/C16H19N3.C3H6N2/c1-11(2)12(3)9-13(10-17)14-6-8-19-16-15(14)5-4-7-18-16;1-5-3-2-4/h4,6-10H,1,5,17H2,2-3H3,(H,18,19);5H,3H2,1H3/b12-9+,13-10+;. The number of hydrogen-bond donors (Lipinski definition) is 3. The van der Waals surface area contributed by atoms with Gasteiger partial charge in [0.25, 0.3) is 0 Å². The van der Waals surface area contributed by atoms with Crippen LogP contribution in [0.15, 0.2) is 54.5 Å². The number of anilines is 1. The molecule has 5 nitrogen and oxygen atoms in total. The maximum atomic E-state index is 7.75. The predicted octanol–water partition coefficient (Wildman–Crippen LogP) is 3.11. The lowest BCUT2D eigenvalue weighted by atomic mass is 9.95. The van der Waals surface area contributed by atoms with Crippen LogP contribution in [0.2, 0.25) is 0 Å². The van der Waals surface area contributed by atoms with E-state index in [2.05, 4.69) is 34.3 Å². The number of hydrogen-bond acceptors (Lipinski definition) is 5. The van der Waals surface area contributed by atoms with Gasteiger partial charge < -0.3 is 16.4 Å². The molecular formula is C19H25N5. The molecule has 1 aromatic rings. The largest absolute Gasteiger partial charge is 0.404 e. The van der Waals surface area contributed by atoms with Gasteiger partial charge in [-0.05, 0) is 62.4 Å². The van der Waals surface area contributed by atoms with Gasteiger partial charge in [0.05, 0.1) is 12.6 Å². The van der Waals surface area contributed by atoms with Gasteiger partial charge in [0.2, 0.25) is 0 Å². The van der Waals surface area contributed by atoms with Crippen molar-refractivity contribution in [2.24, 2.45) is 5.73 Å². The molecule has 0 spiro atoms. The van der Waals surface area contributed by atoms with E-state index in [-0.39, 0.29) is 0 Å². The van der Waals surface area contributed by atoms with E-state index in [9.17, 15) is 0 Å². The Labute approximate surface area is 144 Å². The Bertz CT molecular complexity index is 705. The van der Waals surface area contributed by atoms with Gasteiger partial charge in [-0.15, -0.1) is 0 Å². The number of nitrogens with zero attached hydrogens (tertiary/aromatic N) is 2. The molecule has 0 unspecified atom stereocenters. The zero-order valence-corrected chi connectivity index (χ0v) is 14.6. The Morgan fingerprint density at radius 2 is 2.29 bits per heavy atom. The van der Waals surface area contributed by atoms with E-state index in [0.717, 1.165) is 34.5 Å². The van der Waals surface area contributed by atoms with E-state index < -0.39 is 0 Å². The van der Waals surface area contributed by atoms with Crippen molar-refractivity contribution < 1.29 is 0 Å². The fourth-order valence-corrected chi connectivity index (χ4v) is 2.06. The Hall–Kier alpha value is -2.84. The van der Waals surface area contributed by atoms with Gasteiger partial charge in [0.15, 0.2) is 0 Å². The molecule has 5 heteroatoms. The first-order chi connectivity index (χ1) is 11.5. The zero-order valence-electron chi connectivity index (χ0n) is 14.6. The lowest BCUT2D eigenvalue weighted by Crippen LogP contribution is -2.06. The van der Waals surface area contributed by atoms with Crippen LogP contribution in [-0.2, 0) is 6.42 Å². The second-order valence-electron chi connectivity index (χ2n) is 5.35. The van der Waals surface area contributed by atoms with Crippen molar-refractivity contribution in [3.05, 3.63) is 65.7 Å². The topological polar surface area (TPSA) is 86.8 Å². The molecule has 1 aromatic heterocycles. The van der Waals surface area contributed by atoms with Crippen LogP contribution in [0.1, 0.15) is 25.0 Å². The zero-order chi connectivity index (χ0) is 17.9. The summed E-state index contributed by atoms with van der Waals surface area (Å²) in [4.78, 5) is 4.34. The van der Waals surface area contributed by atoms with Crippen molar-refractivity contribution >= 4 is 11.4 Å². The van der Waals surface area contributed by atoms with Gasteiger partial charge in [-0.3, -0.25) is 0 Å². The van der Waals surface area contributed by atoms with Crippen molar-refractivity contribution in [1.29, 1.82) is 5.26 Å². The number of nitrogens with one attached hydrogen (secondary N) is 2. The van der Waals surface area contributed by atoms with Crippen LogP contribution in [0.25, 0.3) is 5.57 Å². The molecule has 0 atom stereocenters. The molecule has 2 rings (SSSR count). The molecule has 24 heavy (non-hydrogen) atoms. The van der Waals surface area contributed by atoms with Gasteiger partial charge >= 0.3 is 0 Å². The minimum absolute atomic E-state index is 0.444. The van der Waals surface area contributed by atoms with Crippen LogP contribution in [0.5, 0.6) is 0 Å². The van der Waals surface area contributed by atoms with Crippen LogP contribution in [0, 0.1) is 11.3 Å². The maximum absolute atomic E-state index is 7.75. The molecule has 0 saturated carbocycles. The minimum atomic E-state index is 0.444. The Morgan fingerprint density at radius 3 is 2.83 bits per heavy atom. The molecule has 1 aliphatic rings. The number of rotatable bonds is 4. The monoisotopic (exact) mass is 323 g/mol. The summed E-state index contributed by atoms with van der Waals surface area (Å²) in [6.07, 6.45) is 10.4. The predicted molar refractivity (Wildman–Crippen MR) is 101 cm³/mol. The fraction of sp³-hybridized carbons (Fsp3) is 0.263. The molecule has 1 aliphatic heterocycles. The smallest absolute Gasteiger partial charge is 0.133 e. The number of nitrogens with two attached hydrogens (primary N) is 1. The summed E-state index contributed by atoms with van der Waals surface area (Å²) in [7, 11) is 1.74. The molecule has 0 radical (unpaired) electrons. The molecule has 0 aromatic carbocycles. The van der Waals surface area contributed by atoms with Crippen molar-refractivity contribution in [2.75, 3.05) is 18.9 Å². The first-order valence-corrected chi connectivity index (χ1v) is 7.72. The van der Waals surface area contributed by atoms with Crippen LogP contribution in [0.3, 0.4) is 0 Å². The number of aromatic nitrogens is 1. The van der Waals surface area contributed by atoms with Gasteiger partial charge in [-0.2, -0.15) is 5.26 Å². The van der Waals surface area contributed by atoms with Gasteiger partial charge in [0, 0.05) is 18.0 Å². The Morgan fingerprint density at radius 1 is 1.54 bits per heavy atom. The molecule has 126 valence electrons. The fourth-order valence-electron chi connectivity index (χ4n) is 2.06. The van der Waals surface area contributed by atoms with Crippen molar-refractivity contribution in [3.8, 4) is 6.07 Å². The van der Waals surface area contributed by atoms with Crippen molar-refractivity contribution in [1.82, 2.24) is 10.3 Å². The van der Waals surface area contributed by atoms with Crippen LogP contribution in [-0.4, -0.2) is 18.6 Å². The normalized spacial score (nSPS) is 13.1. The Kier molecular flexibility index (Phi) is 8.03. The molecule has 0 fully saturated rings. The molecule has 0 bridgehead atoms. The average Bonchev–Trinajstić information content (AvgIpc) is 2.60. The Balaban J connectivity index is 0.000000505. The molecule has 0 saturated heterocycles. The highest BCUT2D eigenvalue weighted by molar-refractivity contribution is 5.79. The number of allylic oxidation sites excluding steroid dienone is 5. The van der Waals surface area contributed by atoms with E-state index >= 15 is 0 Å². The number of fused-ring (bicyclic) bond motifs is 1. The molecule has 4 N–H and O–H groups in total. The highest BCUT2D eigenvalue weighted by Gasteiger charge is 2.13. The van der Waals surface area contributed by atoms with Gasteiger partial charge in [0.1, 0.15) is 5.82 Å². The summed E-state index contributed by atoms with van der Waals surface area (Å²) in [5.41, 5.74) is 11.2. The quantitative estimate of drug-likeness (QED) is 0.585. The van der Waals surface area contributed by atoms with E-state index in [1.807, 2.05) is 32.2 Å². The summed E-state index contributed by atoms with van der Waals surface area (Å²) in [5, 5.41) is 13.6. The summed E-state index contributed by atoms with van der Waals surface area (Å²) in [6, 6.07) is 3.91. The summed E-state index contributed by atoms with van der Waals surface area (Å²) < 4.78 is 0. The summed E-state index contributed by atoms with van der Waals surface area (Å²) in [5.74, 6) is 0.903. The maximum Gasteiger partial charge on any atom is 0.133 e. The van der Waals surface area contributed by atoms with Crippen LogP contribution < -0.4 is 16.4 Å². The van der Waals surface area contributed by atoms with E-state index in [4.69, 9.17) is 11.0 Å². The highest BCUT2D eigenvalue weighted by atomic mass is 15.0. The van der Waals surface area contributed by atoms with Crippen LogP contribution in [0.4, 0.5) is 5.82 Å². The van der Waals surface area contributed by atoms with E-state index in [1.54, 1.807) is 19.4 Å². The van der Waals surface area contributed by atoms with E-state index in [0.29, 0.717) is 6.54 Å². The van der Waals surface area contributed by atoms with Gasteiger partial charge in [-0.25, -0.2) is 4.98 Å². The number of pyridine rings is 1. The van der Waals surface area contributed by atoms with Crippen LogP contribution >= 0.6 is 0 Å². The first kappa shape index (κ1) is 19.2. The van der Waals surface area contributed by atoms with Crippen molar-refractivity contribution in [2.45, 2.75) is 20.3 Å². The molecule has 0 aliphatic carbocycles. The second kappa shape index (κ2) is 10.0. The molecule has 0 amide bonds. The third kappa shape index (κ3) is 5.41. The van der Waals surface area contributed by atoms with E-state index in [1.165, 1.54) is 5.56 Å². The first-order valence-electron chi connectivity index (χ1n) is 7.72.